The topological polar surface area (TPSA) is 4.93 Å². The van der Waals surface area contributed by atoms with Crippen LogP contribution in [0.15, 0.2) is 192 Å². The Kier molecular flexibility index (Phi) is 7.30. The number of aromatic nitrogens is 1. The van der Waals surface area contributed by atoms with E-state index in [4.69, 9.17) is 0 Å². The predicted octanol–water partition coefficient (Wildman–Crippen LogP) is 13.6. The molecule has 1 nitrogen and oxygen atoms in total. The molecule has 0 aliphatic heterocycles. The van der Waals surface area contributed by atoms with Gasteiger partial charge in [0.1, 0.15) is 0 Å². The molecule has 1 heterocycles. The van der Waals surface area contributed by atoms with Crippen molar-refractivity contribution >= 4 is 49.0 Å². The van der Waals surface area contributed by atoms with Crippen LogP contribution in [0, 0.1) is 5.92 Å². The van der Waals surface area contributed by atoms with Gasteiger partial charge in [-0.2, -0.15) is 0 Å². The minimum Gasteiger partial charge on any atom is -0.313 e. The Morgan fingerprint density at radius 1 is 0.538 bits per heavy atom. The van der Waals surface area contributed by atoms with E-state index in [-0.39, 0.29) is 0 Å². The number of para-hydroxylation sites is 1. The molecule has 2 heteroatoms. The van der Waals surface area contributed by atoms with Gasteiger partial charge in [0.15, 0.2) is 0 Å². The smallest absolute Gasteiger partial charge is 0.0711 e. The van der Waals surface area contributed by atoms with Crippen LogP contribution in [0.1, 0.15) is 35.6 Å². The molecule has 52 heavy (non-hydrogen) atoms. The second-order valence-corrected chi connectivity index (χ2v) is 15.1. The Bertz CT molecular complexity index is 2690. The van der Waals surface area contributed by atoms with Crippen molar-refractivity contribution in [2.75, 3.05) is 0 Å². The maximum Gasteiger partial charge on any atom is 0.0711 e. The molecule has 2 aliphatic rings. The number of rotatable bonds is 5. The van der Waals surface area contributed by atoms with Crippen molar-refractivity contribution in [3.8, 4) is 22.3 Å². The summed E-state index contributed by atoms with van der Waals surface area (Å²) in [6.45, 7) is 2.43. The lowest BCUT2D eigenvalue weighted by molar-refractivity contribution is 0.717. The van der Waals surface area contributed by atoms with Gasteiger partial charge < -0.3 is 4.57 Å². The van der Waals surface area contributed by atoms with Gasteiger partial charge in [-0.15, -0.1) is 0 Å². The minimum atomic E-state index is -0.418. The number of halogens is 1. The molecule has 248 valence electrons. The highest BCUT2D eigenvalue weighted by molar-refractivity contribution is 9.10. The number of hydrogen-bond donors (Lipinski definition) is 0. The lowest BCUT2D eigenvalue weighted by Gasteiger charge is -2.36. The van der Waals surface area contributed by atoms with E-state index in [1.165, 1.54) is 83.2 Å². The van der Waals surface area contributed by atoms with Gasteiger partial charge in [-0.1, -0.05) is 168 Å². The highest BCUT2D eigenvalue weighted by Gasteiger charge is 2.49. The van der Waals surface area contributed by atoms with E-state index in [0.29, 0.717) is 5.92 Å². The highest BCUT2D eigenvalue weighted by atomic mass is 79.9. The summed E-state index contributed by atoms with van der Waals surface area (Å²) in [5.41, 5.74) is 16.5. The van der Waals surface area contributed by atoms with Crippen molar-refractivity contribution in [2.24, 2.45) is 5.92 Å². The van der Waals surface area contributed by atoms with Gasteiger partial charge in [-0.05, 0) is 104 Å². The number of hydrogen-bond acceptors (Lipinski definition) is 0. The molecule has 1 unspecified atom stereocenters. The molecule has 0 saturated heterocycles. The second kappa shape index (κ2) is 12.2. The van der Waals surface area contributed by atoms with Crippen LogP contribution in [0.5, 0.6) is 0 Å². The Hall–Kier alpha value is -5.70. The second-order valence-electron chi connectivity index (χ2n) is 14.2. The van der Waals surface area contributed by atoms with Crippen LogP contribution >= 0.6 is 15.9 Å². The largest absolute Gasteiger partial charge is 0.313 e. The standard InChI is InChI=1S/C50H36BrN/c1-33-29-39(32-45-49(33)42-23-8-11-24-44(42)50(45,37-17-4-2-5-18-37)38-19-6-3-7-20-38)52-47-26-13-10-22-41(47)43-31-35(27-28-48(43)52)34-15-14-16-36(30-34)40-21-9-12-25-46(40)51/h2-28,30-33H,29H2,1H3. The fraction of sp³-hybridized carbons (Fsp3) is 0.0800. The van der Waals surface area contributed by atoms with Crippen molar-refractivity contribution in [1.29, 1.82) is 0 Å². The summed E-state index contributed by atoms with van der Waals surface area (Å²) >= 11 is 3.77. The van der Waals surface area contributed by atoms with Gasteiger partial charge in [0.05, 0.1) is 16.4 Å². The fourth-order valence-electron chi connectivity index (χ4n) is 9.24. The summed E-state index contributed by atoms with van der Waals surface area (Å²) in [7, 11) is 0. The van der Waals surface area contributed by atoms with Crippen LogP contribution in [0.3, 0.4) is 0 Å². The summed E-state index contributed by atoms with van der Waals surface area (Å²) < 4.78 is 3.66. The first kappa shape index (κ1) is 31.1. The number of nitrogens with zero attached hydrogens (tertiary/aromatic N) is 1. The first-order chi connectivity index (χ1) is 25.6. The summed E-state index contributed by atoms with van der Waals surface area (Å²) in [5.74, 6) is 0.334. The van der Waals surface area contributed by atoms with E-state index in [1.54, 1.807) is 0 Å². The van der Waals surface area contributed by atoms with Gasteiger partial charge in [-0.3, -0.25) is 0 Å². The van der Waals surface area contributed by atoms with Crippen LogP contribution in [0.2, 0.25) is 0 Å². The molecule has 2 aliphatic carbocycles. The SMILES string of the molecule is CC1CC(n2c3ccccc3c3cc(-c4cccc(-c5ccccc5Br)c4)ccc32)=CC2=C1c1ccccc1C2(c1ccccc1)c1ccccc1. The van der Waals surface area contributed by atoms with Crippen LogP contribution in [-0.2, 0) is 5.41 Å². The van der Waals surface area contributed by atoms with Crippen LogP contribution in [0.4, 0.5) is 0 Å². The average Bonchev–Trinajstić information content (AvgIpc) is 3.69. The summed E-state index contributed by atoms with van der Waals surface area (Å²) in [6, 6.07) is 64.8. The lowest BCUT2D eigenvalue weighted by atomic mass is 9.66. The molecule has 0 bridgehead atoms. The fourth-order valence-corrected chi connectivity index (χ4v) is 9.75. The zero-order valence-electron chi connectivity index (χ0n) is 28.9. The van der Waals surface area contributed by atoms with Crippen molar-refractivity contribution in [3.63, 3.8) is 0 Å². The van der Waals surface area contributed by atoms with Crippen LogP contribution < -0.4 is 0 Å². The van der Waals surface area contributed by atoms with Gasteiger partial charge >= 0.3 is 0 Å². The Labute approximate surface area is 313 Å². The molecule has 8 aromatic rings. The third-order valence-corrected chi connectivity index (χ3v) is 12.1. The lowest BCUT2D eigenvalue weighted by Crippen LogP contribution is -2.30. The van der Waals surface area contributed by atoms with Crippen LogP contribution in [-0.4, -0.2) is 4.57 Å². The summed E-state index contributed by atoms with van der Waals surface area (Å²) in [4.78, 5) is 0. The molecule has 0 N–H and O–H groups in total. The Morgan fingerprint density at radius 3 is 1.92 bits per heavy atom. The van der Waals surface area contributed by atoms with Gasteiger partial charge in [0.25, 0.3) is 0 Å². The molecule has 0 spiro atoms. The summed E-state index contributed by atoms with van der Waals surface area (Å²) in [5, 5.41) is 2.56. The zero-order valence-corrected chi connectivity index (χ0v) is 30.5. The number of fused-ring (bicyclic) bond motifs is 5. The Morgan fingerprint density at radius 2 is 1.15 bits per heavy atom. The Balaban J connectivity index is 1.19. The highest BCUT2D eigenvalue weighted by Crippen LogP contribution is 2.59. The molecule has 0 amide bonds. The van der Waals surface area contributed by atoms with Crippen molar-refractivity contribution in [1.82, 2.24) is 4.57 Å². The van der Waals surface area contributed by atoms with E-state index in [9.17, 15) is 0 Å². The van der Waals surface area contributed by atoms with Gasteiger partial charge in [0.2, 0.25) is 0 Å². The van der Waals surface area contributed by atoms with E-state index in [0.717, 1.165) is 10.9 Å². The quantitative estimate of drug-likeness (QED) is 0.166. The van der Waals surface area contributed by atoms with E-state index < -0.39 is 5.41 Å². The first-order valence-corrected chi connectivity index (χ1v) is 19.0. The molecule has 7 aromatic carbocycles. The molecule has 10 rings (SSSR count). The molecular weight excluding hydrogens is 694 g/mol. The maximum absolute atomic E-state index is 3.77. The van der Waals surface area contributed by atoms with Crippen molar-refractivity contribution in [3.05, 3.63) is 214 Å². The van der Waals surface area contributed by atoms with Crippen LogP contribution in [0.25, 0.3) is 55.3 Å². The number of benzene rings is 7. The van der Waals surface area contributed by atoms with Crippen molar-refractivity contribution < 1.29 is 0 Å². The maximum atomic E-state index is 3.77. The first-order valence-electron chi connectivity index (χ1n) is 18.2. The third-order valence-electron chi connectivity index (χ3n) is 11.4. The number of allylic oxidation sites excluding steroid dienone is 4. The van der Waals surface area contributed by atoms with E-state index in [2.05, 4.69) is 209 Å². The monoisotopic (exact) mass is 729 g/mol. The van der Waals surface area contributed by atoms with E-state index in [1.807, 2.05) is 0 Å². The molecule has 0 saturated carbocycles. The van der Waals surface area contributed by atoms with Gasteiger partial charge in [-0.25, -0.2) is 0 Å². The molecular formula is C50H36BrN. The molecule has 1 atom stereocenters. The summed E-state index contributed by atoms with van der Waals surface area (Å²) in [6.07, 6.45) is 3.51. The minimum absolute atomic E-state index is 0.334. The van der Waals surface area contributed by atoms with Crippen molar-refractivity contribution in [2.45, 2.75) is 18.8 Å². The van der Waals surface area contributed by atoms with E-state index >= 15 is 0 Å². The molecule has 0 radical (unpaired) electrons. The third kappa shape index (κ3) is 4.60. The normalized spacial score (nSPS) is 16.2. The average molecular weight is 731 g/mol. The zero-order chi connectivity index (χ0) is 34.8. The molecule has 1 aromatic heterocycles. The predicted molar refractivity (Wildman–Crippen MR) is 222 cm³/mol. The molecule has 0 fully saturated rings. The van der Waals surface area contributed by atoms with Gasteiger partial charge in [0, 0.05) is 20.9 Å².